The normalized spacial score (nSPS) is 18.9. The monoisotopic (exact) mass is 203 g/mol. The van der Waals surface area contributed by atoms with Crippen LogP contribution < -0.4 is 4.74 Å². The molecule has 0 amide bonds. The average Bonchev–Trinajstić information content (AvgIpc) is 2.24. The molecule has 1 aliphatic rings. The number of rotatable bonds is 1. The highest BCUT2D eigenvalue weighted by atomic mass is 16.5. The molecule has 0 fully saturated rings. The lowest BCUT2D eigenvalue weighted by atomic mass is 9.94. The lowest BCUT2D eigenvalue weighted by Gasteiger charge is -2.17. The number of methoxy groups -OCH3 is 1. The van der Waals surface area contributed by atoms with Crippen LogP contribution in [0.15, 0.2) is 17.1 Å². The summed E-state index contributed by atoms with van der Waals surface area (Å²) >= 11 is 0. The molecule has 1 aromatic rings. The molecule has 0 spiro atoms. The SMILES string of the molecule is COc1ccc2c(c1C)N=CC(C)C2=O. The molecule has 2 rings (SSSR count). The summed E-state index contributed by atoms with van der Waals surface area (Å²) in [5.74, 6) is 0.782. The number of aliphatic imine (C=N–C) groups is 1. The second kappa shape index (κ2) is 3.50. The molecule has 0 N–H and O–H groups in total. The molecule has 0 saturated carbocycles. The Bertz CT molecular complexity index is 449. The zero-order valence-electron chi connectivity index (χ0n) is 9.07. The topological polar surface area (TPSA) is 38.7 Å². The van der Waals surface area contributed by atoms with E-state index >= 15 is 0 Å². The van der Waals surface area contributed by atoms with Crippen LogP contribution in [-0.4, -0.2) is 19.1 Å². The maximum Gasteiger partial charge on any atom is 0.173 e. The molecule has 1 aliphatic heterocycles. The molecule has 0 radical (unpaired) electrons. The summed E-state index contributed by atoms with van der Waals surface area (Å²) in [6.45, 7) is 3.77. The number of hydrogen-bond acceptors (Lipinski definition) is 3. The largest absolute Gasteiger partial charge is 0.496 e. The number of carbonyl (C=O) groups is 1. The van der Waals surface area contributed by atoms with E-state index in [1.807, 2.05) is 19.9 Å². The number of ether oxygens (including phenoxy) is 1. The molecule has 3 heteroatoms. The first kappa shape index (κ1) is 9.90. The van der Waals surface area contributed by atoms with E-state index in [0.29, 0.717) is 5.56 Å². The minimum atomic E-state index is -0.120. The minimum absolute atomic E-state index is 0.120. The number of hydrogen-bond donors (Lipinski definition) is 0. The van der Waals surface area contributed by atoms with Crippen molar-refractivity contribution in [2.24, 2.45) is 10.9 Å². The van der Waals surface area contributed by atoms with Gasteiger partial charge in [0.1, 0.15) is 5.75 Å². The highest BCUT2D eigenvalue weighted by Crippen LogP contribution is 2.34. The lowest BCUT2D eigenvalue weighted by Crippen LogP contribution is -2.16. The van der Waals surface area contributed by atoms with Crippen LogP contribution in [0.3, 0.4) is 0 Å². The van der Waals surface area contributed by atoms with E-state index in [9.17, 15) is 4.79 Å². The third-order valence-corrected chi connectivity index (χ3v) is 2.71. The fourth-order valence-corrected chi connectivity index (χ4v) is 1.77. The summed E-state index contributed by atoms with van der Waals surface area (Å²) in [7, 11) is 1.62. The number of fused-ring (bicyclic) bond motifs is 1. The summed E-state index contributed by atoms with van der Waals surface area (Å²) < 4.78 is 5.19. The highest BCUT2D eigenvalue weighted by Gasteiger charge is 2.23. The summed E-state index contributed by atoms with van der Waals surface area (Å²) in [6.07, 6.45) is 1.69. The van der Waals surface area contributed by atoms with Crippen LogP contribution >= 0.6 is 0 Å². The number of Topliss-reactive ketones (excluding diaryl/α,β-unsaturated/α-hetero) is 1. The van der Waals surface area contributed by atoms with Gasteiger partial charge in [-0.25, -0.2) is 0 Å². The second-order valence-electron chi connectivity index (χ2n) is 3.72. The van der Waals surface area contributed by atoms with E-state index in [-0.39, 0.29) is 11.7 Å². The Balaban J connectivity index is 2.63. The number of nitrogens with zero attached hydrogens (tertiary/aromatic N) is 1. The smallest absolute Gasteiger partial charge is 0.173 e. The zero-order valence-corrected chi connectivity index (χ0v) is 9.07. The zero-order chi connectivity index (χ0) is 11.0. The molecule has 1 aromatic carbocycles. The Labute approximate surface area is 88.8 Å². The van der Waals surface area contributed by atoms with Crippen molar-refractivity contribution < 1.29 is 9.53 Å². The van der Waals surface area contributed by atoms with Crippen molar-refractivity contribution in [2.75, 3.05) is 7.11 Å². The van der Waals surface area contributed by atoms with Crippen LogP contribution in [0.2, 0.25) is 0 Å². The van der Waals surface area contributed by atoms with Crippen LogP contribution in [0, 0.1) is 12.8 Å². The first-order valence-electron chi connectivity index (χ1n) is 4.91. The van der Waals surface area contributed by atoms with Gasteiger partial charge in [0.05, 0.1) is 18.7 Å². The summed E-state index contributed by atoms with van der Waals surface area (Å²) in [5.41, 5.74) is 2.37. The molecule has 0 aliphatic carbocycles. The summed E-state index contributed by atoms with van der Waals surface area (Å²) in [6, 6.07) is 3.61. The van der Waals surface area contributed by atoms with Gasteiger partial charge in [-0.05, 0) is 19.1 Å². The van der Waals surface area contributed by atoms with Gasteiger partial charge < -0.3 is 4.74 Å². The van der Waals surface area contributed by atoms with Crippen LogP contribution in [-0.2, 0) is 0 Å². The molecular formula is C12H13NO2. The molecule has 0 aromatic heterocycles. The van der Waals surface area contributed by atoms with Crippen molar-refractivity contribution in [1.29, 1.82) is 0 Å². The molecule has 78 valence electrons. The van der Waals surface area contributed by atoms with E-state index < -0.39 is 0 Å². The summed E-state index contributed by atoms with van der Waals surface area (Å²) in [4.78, 5) is 16.1. The Kier molecular flexibility index (Phi) is 2.31. The maximum atomic E-state index is 11.8. The molecule has 15 heavy (non-hydrogen) atoms. The quantitative estimate of drug-likeness (QED) is 0.703. The van der Waals surface area contributed by atoms with E-state index in [4.69, 9.17) is 4.74 Å². The van der Waals surface area contributed by atoms with Crippen LogP contribution in [0.5, 0.6) is 5.75 Å². The molecule has 0 bridgehead atoms. The third-order valence-electron chi connectivity index (χ3n) is 2.71. The van der Waals surface area contributed by atoms with E-state index in [1.54, 1.807) is 19.4 Å². The van der Waals surface area contributed by atoms with Crippen LogP contribution in [0.1, 0.15) is 22.8 Å². The van der Waals surface area contributed by atoms with Crippen molar-refractivity contribution in [3.05, 3.63) is 23.3 Å². The van der Waals surface area contributed by atoms with Gasteiger partial charge in [0, 0.05) is 17.3 Å². The van der Waals surface area contributed by atoms with Gasteiger partial charge in [0.2, 0.25) is 0 Å². The minimum Gasteiger partial charge on any atom is -0.496 e. The van der Waals surface area contributed by atoms with Gasteiger partial charge in [0.25, 0.3) is 0 Å². The summed E-state index contributed by atoms with van der Waals surface area (Å²) in [5, 5.41) is 0. The predicted octanol–water partition coefficient (Wildman–Crippen LogP) is 2.54. The Morgan fingerprint density at radius 1 is 1.40 bits per heavy atom. The van der Waals surface area contributed by atoms with Crippen molar-refractivity contribution in [3.63, 3.8) is 0 Å². The fourth-order valence-electron chi connectivity index (χ4n) is 1.77. The van der Waals surface area contributed by atoms with Gasteiger partial charge in [-0.3, -0.25) is 9.79 Å². The number of benzene rings is 1. The van der Waals surface area contributed by atoms with Crippen LogP contribution in [0.4, 0.5) is 5.69 Å². The first-order chi connectivity index (χ1) is 7.15. The van der Waals surface area contributed by atoms with Crippen molar-refractivity contribution in [3.8, 4) is 5.75 Å². The Morgan fingerprint density at radius 3 is 2.80 bits per heavy atom. The molecular weight excluding hydrogens is 190 g/mol. The molecule has 1 unspecified atom stereocenters. The number of ketones is 1. The maximum absolute atomic E-state index is 11.8. The third kappa shape index (κ3) is 1.44. The number of carbonyl (C=O) groups excluding carboxylic acids is 1. The van der Waals surface area contributed by atoms with Crippen molar-refractivity contribution in [2.45, 2.75) is 13.8 Å². The van der Waals surface area contributed by atoms with Gasteiger partial charge in [-0.1, -0.05) is 6.92 Å². The Morgan fingerprint density at radius 2 is 2.13 bits per heavy atom. The van der Waals surface area contributed by atoms with Crippen molar-refractivity contribution in [1.82, 2.24) is 0 Å². The van der Waals surface area contributed by atoms with Crippen LogP contribution in [0.25, 0.3) is 0 Å². The standard InChI is InChI=1S/C12H13NO2/c1-7-6-13-11-8(2)10(15-3)5-4-9(11)12(7)14/h4-7H,1-3H3. The second-order valence-corrected chi connectivity index (χ2v) is 3.72. The first-order valence-corrected chi connectivity index (χ1v) is 4.91. The van der Waals surface area contributed by atoms with E-state index in [1.165, 1.54) is 0 Å². The fraction of sp³-hybridized carbons (Fsp3) is 0.333. The average molecular weight is 203 g/mol. The van der Waals surface area contributed by atoms with Gasteiger partial charge in [0.15, 0.2) is 5.78 Å². The highest BCUT2D eigenvalue weighted by molar-refractivity contribution is 6.12. The van der Waals surface area contributed by atoms with Gasteiger partial charge in [-0.2, -0.15) is 0 Å². The van der Waals surface area contributed by atoms with Gasteiger partial charge in [-0.15, -0.1) is 0 Å². The van der Waals surface area contributed by atoms with E-state index in [2.05, 4.69) is 4.99 Å². The van der Waals surface area contributed by atoms with Gasteiger partial charge >= 0.3 is 0 Å². The molecule has 0 saturated heterocycles. The Hall–Kier alpha value is -1.64. The van der Waals surface area contributed by atoms with Crippen molar-refractivity contribution >= 4 is 17.7 Å². The molecule has 1 heterocycles. The molecule has 3 nitrogen and oxygen atoms in total. The lowest BCUT2D eigenvalue weighted by molar-refractivity contribution is 0.0962. The molecule has 1 atom stereocenters. The predicted molar refractivity (Wildman–Crippen MR) is 59.4 cm³/mol. The van der Waals surface area contributed by atoms with E-state index in [0.717, 1.165) is 17.0 Å².